The Morgan fingerprint density at radius 3 is 2.91 bits per heavy atom. The first-order valence-electron chi connectivity index (χ1n) is 7.15. The summed E-state index contributed by atoms with van der Waals surface area (Å²) in [6.45, 7) is 0.912. The van der Waals surface area contributed by atoms with Crippen molar-refractivity contribution in [1.29, 1.82) is 0 Å². The van der Waals surface area contributed by atoms with E-state index in [0.717, 1.165) is 5.56 Å². The average molecular weight is 322 g/mol. The van der Waals surface area contributed by atoms with Crippen molar-refractivity contribution in [3.8, 4) is 0 Å². The minimum Gasteiger partial charge on any atom is -0.354 e. The minimum absolute atomic E-state index is 0.00539. The highest BCUT2D eigenvalue weighted by atomic mass is 35.5. The number of piperidine rings is 1. The summed E-state index contributed by atoms with van der Waals surface area (Å²) < 4.78 is 0. The van der Waals surface area contributed by atoms with Crippen LogP contribution in [0.25, 0.3) is 0 Å². The highest BCUT2D eigenvalue weighted by molar-refractivity contribution is 6.29. The van der Waals surface area contributed by atoms with Crippen molar-refractivity contribution in [2.75, 3.05) is 17.7 Å². The number of benzene rings is 1. The van der Waals surface area contributed by atoms with Crippen LogP contribution in [0.4, 0.5) is 5.69 Å². The number of hydrogen-bond acceptors (Lipinski definition) is 3. The lowest BCUT2D eigenvalue weighted by atomic mass is 10.1. The van der Waals surface area contributed by atoms with E-state index in [-0.39, 0.29) is 29.6 Å². The van der Waals surface area contributed by atoms with E-state index in [1.165, 1.54) is 0 Å². The third-order valence-corrected chi connectivity index (χ3v) is 4.31. The Balaban J connectivity index is 1.82. The van der Waals surface area contributed by atoms with Crippen molar-refractivity contribution in [2.45, 2.75) is 25.4 Å². The van der Waals surface area contributed by atoms with Crippen molar-refractivity contribution >= 4 is 35.0 Å². The van der Waals surface area contributed by atoms with Crippen LogP contribution in [0.5, 0.6) is 0 Å². The Bertz CT molecular complexity index is 637. The molecule has 2 N–H and O–H groups in total. The number of fused-ring (bicyclic) bond motifs is 1. The topological polar surface area (TPSA) is 78.5 Å². The second-order valence-corrected chi connectivity index (χ2v) is 5.71. The van der Waals surface area contributed by atoms with Crippen LogP contribution in [0, 0.1) is 0 Å². The number of rotatable bonds is 3. The number of nitrogens with zero attached hydrogens (tertiary/aromatic N) is 1. The van der Waals surface area contributed by atoms with Crippen LogP contribution in [0.1, 0.15) is 28.8 Å². The minimum atomic E-state index is -0.300. The van der Waals surface area contributed by atoms with E-state index in [4.69, 9.17) is 11.6 Å². The van der Waals surface area contributed by atoms with Gasteiger partial charge in [0.05, 0.1) is 6.04 Å². The molecule has 0 aromatic heterocycles. The first-order valence-corrected chi connectivity index (χ1v) is 7.69. The van der Waals surface area contributed by atoms with Crippen LogP contribution in [0.15, 0.2) is 18.2 Å². The summed E-state index contributed by atoms with van der Waals surface area (Å²) in [5, 5.41) is 5.52. The van der Waals surface area contributed by atoms with Gasteiger partial charge in [0.2, 0.25) is 11.8 Å². The van der Waals surface area contributed by atoms with Gasteiger partial charge in [0, 0.05) is 36.3 Å². The van der Waals surface area contributed by atoms with E-state index in [2.05, 4.69) is 10.6 Å². The molecule has 1 unspecified atom stereocenters. The molecule has 0 bridgehead atoms. The van der Waals surface area contributed by atoms with Gasteiger partial charge in [-0.2, -0.15) is 0 Å². The molecule has 1 fully saturated rings. The summed E-state index contributed by atoms with van der Waals surface area (Å²) in [6, 6.07) is 5.26. The quantitative estimate of drug-likeness (QED) is 0.818. The third-order valence-electron chi connectivity index (χ3n) is 4.07. The van der Waals surface area contributed by atoms with E-state index in [0.29, 0.717) is 37.2 Å². The van der Waals surface area contributed by atoms with Crippen molar-refractivity contribution in [3.05, 3.63) is 29.3 Å². The molecule has 1 atom stereocenters. The van der Waals surface area contributed by atoms with Gasteiger partial charge in [-0.1, -0.05) is 6.07 Å². The van der Waals surface area contributed by atoms with E-state index < -0.39 is 0 Å². The number of alkyl halides is 1. The van der Waals surface area contributed by atoms with Gasteiger partial charge in [0.25, 0.3) is 5.91 Å². The lowest BCUT2D eigenvalue weighted by Crippen LogP contribution is -2.48. The number of carbonyl (C=O) groups is 3. The Kier molecular flexibility index (Phi) is 4.02. The van der Waals surface area contributed by atoms with Crippen molar-refractivity contribution < 1.29 is 14.4 Å². The number of anilines is 1. The summed E-state index contributed by atoms with van der Waals surface area (Å²) in [7, 11) is 0. The fraction of sp³-hybridized carbons (Fsp3) is 0.400. The molecule has 0 aliphatic carbocycles. The van der Waals surface area contributed by atoms with Crippen LogP contribution in [0.2, 0.25) is 0 Å². The largest absolute Gasteiger partial charge is 0.354 e. The monoisotopic (exact) mass is 321 g/mol. The van der Waals surface area contributed by atoms with Crippen molar-refractivity contribution in [1.82, 2.24) is 10.2 Å². The Hall–Kier alpha value is -2.08. The van der Waals surface area contributed by atoms with E-state index in [1.54, 1.807) is 23.1 Å². The average Bonchev–Trinajstić information content (AvgIpc) is 2.86. The second kappa shape index (κ2) is 5.96. The van der Waals surface area contributed by atoms with Gasteiger partial charge in [-0.25, -0.2) is 0 Å². The smallest absolute Gasteiger partial charge is 0.254 e. The predicted octanol–water partition coefficient (Wildman–Crippen LogP) is 1.10. The van der Waals surface area contributed by atoms with Crippen LogP contribution in [0.3, 0.4) is 0 Å². The number of amides is 3. The Labute approximate surface area is 132 Å². The highest BCUT2D eigenvalue weighted by Crippen LogP contribution is 2.31. The zero-order valence-corrected chi connectivity index (χ0v) is 12.7. The normalized spacial score (nSPS) is 20.6. The zero-order valence-electron chi connectivity index (χ0n) is 11.9. The summed E-state index contributed by atoms with van der Waals surface area (Å²) in [5.74, 6) is -0.463. The van der Waals surface area contributed by atoms with Crippen LogP contribution in [-0.4, -0.2) is 41.1 Å². The van der Waals surface area contributed by atoms with Gasteiger partial charge < -0.3 is 15.5 Å². The van der Waals surface area contributed by atoms with Crippen LogP contribution < -0.4 is 10.6 Å². The molecule has 2 heterocycles. The SMILES string of the molecule is O=C1CCC(N2Cc3c(NC(=O)CCl)cccc3C2=O)CN1. The summed E-state index contributed by atoms with van der Waals surface area (Å²) >= 11 is 5.52. The molecule has 7 heteroatoms. The maximum Gasteiger partial charge on any atom is 0.254 e. The molecule has 2 aliphatic heterocycles. The molecule has 0 spiro atoms. The number of nitrogens with one attached hydrogen (secondary N) is 2. The van der Waals surface area contributed by atoms with E-state index >= 15 is 0 Å². The predicted molar refractivity (Wildman–Crippen MR) is 81.7 cm³/mol. The second-order valence-electron chi connectivity index (χ2n) is 5.44. The molecule has 1 aromatic rings. The molecule has 0 saturated carbocycles. The molecular formula is C15H16ClN3O3. The molecule has 1 saturated heterocycles. The summed E-state index contributed by atoms with van der Waals surface area (Å²) in [6.07, 6.45) is 1.09. The molecule has 3 amide bonds. The lowest BCUT2D eigenvalue weighted by Gasteiger charge is -2.31. The van der Waals surface area contributed by atoms with Gasteiger partial charge in [0.15, 0.2) is 0 Å². The molecule has 6 nitrogen and oxygen atoms in total. The van der Waals surface area contributed by atoms with Crippen LogP contribution >= 0.6 is 11.6 Å². The number of halogens is 1. The highest BCUT2D eigenvalue weighted by Gasteiger charge is 2.35. The first kappa shape index (κ1) is 14.8. The van der Waals surface area contributed by atoms with E-state index in [9.17, 15) is 14.4 Å². The maximum atomic E-state index is 12.6. The molecule has 116 valence electrons. The summed E-state index contributed by atoms with van der Waals surface area (Å²) in [5.41, 5.74) is 2.03. The lowest BCUT2D eigenvalue weighted by molar-refractivity contribution is -0.123. The van der Waals surface area contributed by atoms with Crippen molar-refractivity contribution in [3.63, 3.8) is 0 Å². The van der Waals surface area contributed by atoms with Crippen molar-refractivity contribution in [2.24, 2.45) is 0 Å². The molecule has 22 heavy (non-hydrogen) atoms. The zero-order chi connectivity index (χ0) is 15.7. The van der Waals surface area contributed by atoms with Gasteiger partial charge in [-0.3, -0.25) is 14.4 Å². The standard InChI is InChI=1S/C15H16ClN3O3/c16-6-14(21)18-12-3-1-2-10-11(12)8-19(15(10)22)9-4-5-13(20)17-7-9/h1-3,9H,4-8H2,(H,17,20)(H,18,21). The fourth-order valence-electron chi connectivity index (χ4n) is 2.94. The maximum absolute atomic E-state index is 12.6. The third kappa shape index (κ3) is 2.66. The van der Waals surface area contributed by atoms with Gasteiger partial charge >= 0.3 is 0 Å². The molecular weight excluding hydrogens is 306 g/mol. The fourth-order valence-corrected chi connectivity index (χ4v) is 3.00. The molecule has 2 aliphatic rings. The van der Waals surface area contributed by atoms with Gasteiger partial charge in [-0.05, 0) is 18.6 Å². The van der Waals surface area contributed by atoms with Crippen LogP contribution in [-0.2, 0) is 16.1 Å². The first-order chi connectivity index (χ1) is 10.6. The van der Waals surface area contributed by atoms with Gasteiger partial charge in [-0.15, -0.1) is 11.6 Å². The van der Waals surface area contributed by atoms with E-state index in [1.807, 2.05) is 0 Å². The Morgan fingerprint density at radius 1 is 1.41 bits per heavy atom. The molecule has 1 aromatic carbocycles. The summed E-state index contributed by atoms with van der Waals surface area (Å²) in [4.78, 5) is 37.1. The van der Waals surface area contributed by atoms with Gasteiger partial charge in [0.1, 0.15) is 5.88 Å². The molecule has 3 rings (SSSR count). The Morgan fingerprint density at radius 2 is 2.23 bits per heavy atom. The molecule has 0 radical (unpaired) electrons. The number of carbonyl (C=O) groups excluding carboxylic acids is 3. The number of hydrogen-bond donors (Lipinski definition) is 2.